The number of hydrogen-bond donors (Lipinski definition) is 1. The highest BCUT2D eigenvalue weighted by molar-refractivity contribution is 9.10. The van der Waals surface area contributed by atoms with Crippen molar-refractivity contribution in [2.45, 2.75) is 39.0 Å². The van der Waals surface area contributed by atoms with Crippen LogP contribution in [0.3, 0.4) is 0 Å². The van der Waals surface area contributed by atoms with Crippen LogP contribution < -0.4 is 14.8 Å². The molecule has 2 atom stereocenters. The van der Waals surface area contributed by atoms with Crippen LogP contribution in [0.5, 0.6) is 11.6 Å². The van der Waals surface area contributed by atoms with Crippen molar-refractivity contribution in [2.75, 3.05) is 12.4 Å². The minimum absolute atomic E-state index is 0.108. The molecule has 0 spiro atoms. The van der Waals surface area contributed by atoms with Crippen LogP contribution in [0.1, 0.15) is 38.5 Å². The lowest BCUT2D eigenvalue weighted by Gasteiger charge is -2.24. The van der Waals surface area contributed by atoms with Crippen LogP contribution in [-0.2, 0) is 9.84 Å². The van der Waals surface area contributed by atoms with Gasteiger partial charge in [-0.15, -0.1) is 0 Å². The highest BCUT2D eigenvalue weighted by Crippen LogP contribution is 2.25. The summed E-state index contributed by atoms with van der Waals surface area (Å²) in [5.41, 5.74) is 0.698. The van der Waals surface area contributed by atoms with E-state index in [1.165, 1.54) is 6.20 Å². The summed E-state index contributed by atoms with van der Waals surface area (Å²) < 4.78 is 37.2. The Labute approximate surface area is 186 Å². The van der Waals surface area contributed by atoms with Crippen molar-refractivity contribution in [2.24, 2.45) is 5.92 Å². The number of aromatic nitrogens is 1. The topological polar surface area (TPSA) is 94.6 Å². The molecule has 30 heavy (non-hydrogen) atoms. The number of nitrogens with zero attached hydrogens (tertiary/aromatic N) is 1. The average Bonchev–Trinajstić information content (AvgIpc) is 2.69. The van der Waals surface area contributed by atoms with Crippen molar-refractivity contribution in [3.05, 3.63) is 52.6 Å². The number of pyridine rings is 1. The van der Waals surface area contributed by atoms with E-state index >= 15 is 0 Å². The number of nitrogens with one attached hydrogen (secondary N) is 1. The van der Waals surface area contributed by atoms with E-state index in [9.17, 15) is 13.2 Å². The van der Waals surface area contributed by atoms with E-state index in [1.807, 2.05) is 32.9 Å². The van der Waals surface area contributed by atoms with Crippen molar-refractivity contribution >= 4 is 31.9 Å². The van der Waals surface area contributed by atoms with Crippen LogP contribution in [0, 0.1) is 5.92 Å². The van der Waals surface area contributed by atoms with E-state index in [4.69, 9.17) is 9.47 Å². The fourth-order valence-electron chi connectivity index (χ4n) is 2.68. The number of ether oxygens (including phenoxy) is 2. The van der Waals surface area contributed by atoms with Gasteiger partial charge in [0, 0.05) is 16.6 Å². The molecule has 9 heteroatoms. The van der Waals surface area contributed by atoms with Crippen LogP contribution in [-0.4, -0.2) is 37.9 Å². The third-order valence-corrected chi connectivity index (χ3v) is 7.31. The summed E-state index contributed by atoms with van der Waals surface area (Å²) in [5, 5.41) is 1.97. The average molecular weight is 499 g/mol. The molecule has 0 bridgehead atoms. The van der Waals surface area contributed by atoms with Gasteiger partial charge in [-0.1, -0.05) is 41.9 Å². The van der Waals surface area contributed by atoms with Gasteiger partial charge in [0.2, 0.25) is 5.88 Å². The van der Waals surface area contributed by atoms with E-state index in [2.05, 4.69) is 26.2 Å². The number of sulfone groups is 1. The first-order valence-electron chi connectivity index (χ1n) is 9.66. The predicted octanol–water partition coefficient (Wildman–Crippen LogP) is 4.53. The number of carbonyl (C=O) groups is 1. The van der Waals surface area contributed by atoms with Gasteiger partial charge in [0.05, 0.1) is 23.8 Å². The molecule has 0 saturated heterocycles. The Balaban J connectivity index is 2.03. The lowest BCUT2D eigenvalue weighted by Crippen LogP contribution is -2.45. The summed E-state index contributed by atoms with van der Waals surface area (Å²) in [5.74, 6) is 0.365. The third kappa shape index (κ3) is 6.98. The molecule has 7 nitrogen and oxygen atoms in total. The minimum Gasteiger partial charge on any atom is -0.478 e. The smallest absolute Gasteiger partial charge is 0.412 e. The zero-order valence-corrected chi connectivity index (χ0v) is 19.9. The number of carbonyl (C=O) groups excluding carboxylic acids is 1. The molecule has 0 aliphatic heterocycles. The quantitative estimate of drug-likeness (QED) is 0.545. The lowest BCUT2D eigenvalue weighted by atomic mass is 10.1. The SMILES string of the molecule is CCOc1ccc(OC(=O)N[C@H](CS(=O)(=O)C(C)c2ccc(Br)cc2)C(C)C)cn1. The van der Waals surface area contributed by atoms with Crippen LogP contribution >= 0.6 is 15.9 Å². The summed E-state index contributed by atoms with van der Waals surface area (Å²) in [7, 11) is -3.52. The zero-order chi connectivity index (χ0) is 22.3. The maximum absolute atomic E-state index is 12.9. The Morgan fingerprint density at radius 2 is 1.80 bits per heavy atom. The van der Waals surface area contributed by atoms with E-state index in [0.29, 0.717) is 18.1 Å². The second-order valence-corrected chi connectivity index (χ2v) is 10.5. The van der Waals surface area contributed by atoms with Gasteiger partial charge in [0.15, 0.2) is 15.6 Å². The molecule has 0 aliphatic carbocycles. The second-order valence-electron chi connectivity index (χ2n) is 7.17. The first-order chi connectivity index (χ1) is 14.1. The molecule has 164 valence electrons. The molecule has 0 radical (unpaired) electrons. The first kappa shape index (κ1) is 24.1. The van der Waals surface area contributed by atoms with Gasteiger partial charge >= 0.3 is 6.09 Å². The van der Waals surface area contributed by atoms with Crippen molar-refractivity contribution < 1.29 is 22.7 Å². The van der Waals surface area contributed by atoms with Gasteiger partial charge in [-0.3, -0.25) is 0 Å². The Morgan fingerprint density at radius 1 is 1.13 bits per heavy atom. The van der Waals surface area contributed by atoms with E-state index in [1.54, 1.807) is 31.2 Å². The molecule has 1 N–H and O–H groups in total. The summed E-state index contributed by atoms with van der Waals surface area (Å²) in [4.78, 5) is 16.3. The van der Waals surface area contributed by atoms with Gasteiger partial charge in [-0.05, 0) is 43.5 Å². The van der Waals surface area contributed by atoms with E-state index in [-0.39, 0.29) is 17.4 Å². The highest BCUT2D eigenvalue weighted by Gasteiger charge is 2.29. The molecule has 2 rings (SSSR count). The van der Waals surface area contributed by atoms with Crippen LogP contribution in [0.2, 0.25) is 0 Å². The Morgan fingerprint density at radius 3 is 2.33 bits per heavy atom. The van der Waals surface area contributed by atoms with Gasteiger partial charge in [0.25, 0.3) is 0 Å². The van der Waals surface area contributed by atoms with Crippen LogP contribution in [0.15, 0.2) is 47.1 Å². The summed E-state index contributed by atoms with van der Waals surface area (Å²) in [6.07, 6.45) is 0.646. The van der Waals surface area contributed by atoms with Crippen LogP contribution in [0.25, 0.3) is 0 Å². The highest BCUT2D eigenvalue weighted by atomic mass is 79.9. The molecule has 1 aromatic carbocycles. The molecular formula is C21H27BrN2O5S. The summed E-state index contributed by atoms with van der Waals surface area (Å²) >= 11 is 3.35. The summed E-state index contributed by atoms with van der Waals surface area (Å²) in [6, 6.07) is 9.72. The molecule has 0 fully saturated rings. The van der Waals surface area contributed by atoms with Crippen LogP contribution in [0.4, 0.5) is 4.79 Å². The Kier molecular flexibility index (Phi) is 8.66. The number of benzene rings is 1. The molecule has 1 aromatic heterocycles. The van der Waals surface area contributed by atoms with Gasteiger partial charge in [0.1, 0.15) is 0 Å². The Hall–Kier alpha value is -2.13. The largest absolute Gasteiger partial charge is 0.478 e. The molecule has 0 aliphatic rings. The number of rotatable bonds is 9. The maximum Gasteiger partial charge on any atom is 0.412 e. The standard InChI is InChI=1S/C21H27BrN2O5S/c1-5-28-20-11-10-18(12-23-20)29-21(25)24-19(14(2)3)13-30(26,27)15(4)16-6-8-17(22)9-7-16/h6-12,14-15,19H,5,13H2,1-4H3,(H,24,25)/t15?,19-/m1/s1. The number of amides is 1. The monoisotopic (exact) mass is 498 g/mol. The summed E-state index contributed by atoms with van der Waals surface area (Å²) in [6.45, 7) is 7.68. The normalized spacial score (nSPS) is 13.5. The lowest BCUT2D eigenvalue weighted by molar-refractivity contribution is 0.193. The van der Waals surface area contributed by atoms with E-state index in [0.717, 1.165) is 4.47 Å². The second kappa shape index (κ2) is 10.8. The maximum atomic E-state index is 12.9. The first-order valence-corrected chi connectivity index (χ1v) is 12.2. The molecule has 2 aromatic rings. The molecule has 1 amide bonds. The minimum atomic E-state index is -3.52. The predicted molar refractivity (Wildman–Crippen MR) is 120 cm³/mol. The van der Waals surface area contributed by atoms with Crippen molar-refractivity contribution in [1.29, 1.82) is 0 Å². The van der Waals surface area contributed by atoms with Gasteiger partial charge in [-0.25, -0.2) is 18.2 Å². The molecule has 1 heterocycles. The van der Waals surface area contributed by atoms with Crippen molar-refractivity contribution in [1.82, 2.24) is 10.3 Å². The fourth-order valence-corrected chi connectivity index (χ4v) is 4.78. The Bertz CT molecular complexity index is 931. The number of halogens is 1. The number of hydrogen-bond acceptors (Lipinski definition) is 6. The fraction of sp³-hybridized carbons (Fsp3) is 0.429. The molecule has 1 unspecified atom stereocenters. The van der Waals surface area contributed by atoms with Crippen molar-refractivity contribution in [3.63, 3.8) is 0 Å². The van der Waals surface area contributed by atoms with Crippen molar-refractivity contribution in [3.8, 4) is 11.6 Å². The van der Waals surface area contributed by atoms with E-state index < -0.39 is 27.2 Å². The molecular weight excluding hydrogens is 472 g/mol. The van der Waals surface area contributed by atoms with Gasteiger partial charge < -0.3 is 14.8 Å². The third-order valence-electron chi connectivity index (χ3n) is 4.61. The van der Waals surface area contributed by atoms with Gasteiger partial charge in [-0.2, -0.15) is 0 Å². The zero-order valence-electron chi connectivity index (χ0n) is 17.5. The molecule has 0 saturated carbocycles.